The lowest BCUT2D eigenvalue weighted by atomic mass is 9.61. The smallest absolute Gasteiger partial charge is 0.309 e. The Morgan fingerprint density at radius 3 is 2.37 bits per heavy atom. The number of nitrogens with two attached hydrogens (primary N) is 1. The van der Waals surface area contributed by atoms with E-state index in [0.717, 1.165) is 25.7 Å². The van der Waals surface area contributed by atoms with Crippen LogP contribution in [0.5, 0.6) is 0 Å². The van der Waals surface area contributed by atoms with E-state index in [9.17, 15) is 4.79 Å². The van der Waals surface area contributed by atoms with Gasteiger partial charge in [0.1, 0.15) is 6.10 Å². The van der Waals surface area contributed by atoms with E-state index in [1.807, 2.05) is 0 Å². The molecule has 0 aromatic rings. The van der Waals surface area contributed by atoms with Crippen LogP contribution in [0.4, 0.5) is 0 Å². The van der Waals surface area contributed by atoms with Crippen molar-refractivity contribution in [1.82, 2.24) is 0 Å². The van der Waals surface area contributed by atoms with Crippen LogP contribution in [0.3, 0.4) is 0 Å². The minimum atomic E-state index is -0.0522. The average molecular weight is 267 g/mol. The van der Waals surface area contributed by atoms with Gasteiger partial charge >= 0.3 is 5.97 Å². The first-order valence-electron chi connectivity index (χ1n) is 7.89. The normalized spacial score (nSPS) is 35.9. The number of hydrogen-bond acceptors (Lipinski definition) is 3. The summed E-state index contributed by atoms with van der Waals surface area (Å²) in [5, 5.41) is 0. The molecule has 0 aromatic carbocycles. The summed E-state index contributed by atoms with van der Waals surface area (Å²) in [6.45, 7) is 6.51. The molecule has 2 fully saturated rings. The molecule has 3 unspecified atom stereocenters. The Morgan fingerprint density at radius 2 is 1.74 bits per heavy atom. The number of carbonyl (C=O) groups excluding carboxylic acids is 1. The fraction of sp³-hybridized carbons (Fsp3) is 0.938. The Labute approximate surface area is 117 Å². The molecule has 3 atom stereocenters. The molecule has 0 aromatic heterocycles. The summed E-state index contributed by atoms with van der Waals surface area (Å²) < 4.78 is 5.77. The van der Waals surface area contributed by atoms with Crippen LogP contribution >= 0.6 is 0 Å². The first-order chi connectivity index (χ1) is 8.93. The molecule has 0 saturated heterocycles. The van der Waals surface area contributed by atoms with E-state index in [1.165, 1.54) is 19.3 Å². The van der Waals surface area contributed by atoms with Crippen molar-refractivity contribution in [2.75, 3.05) is 0 Å². The number of ether oxygens (including phenoxy) is 1. The molecule has 2 N–H and O–H groups in total. The van der Waals surface area contributed by atoms with Gasteiger partial charge < -0.3 is 10.5 Å². The van der Waals surface area contributed by atoms with Gasteiger partial charge in [-0.25, -0.2) is 0 Å². The van der Waals surface area contributed by atoms with Crippen LogP contribution in [0, 0.1) is 17.3 Å². The SMILES string of the molecule is CC1C(N)CCC(C(=O)OC2CCCCC2)C1(C)C. The van der Waals surface area contributed by atoms with Crippen molar-refractivity contribution in [3.63, 3.8) is 0 Å². The van der Waals surface area contributed by atoms with Crippen molar-refractivity contribution < 1.29 is 9.53 Å². The standard InChI is InChI=1S/C16H29NO2/c1-11-14(17)10-9-13(16(11,2)3)15(18)19-12-7-5-4-6-8-12/h11-14H,4-10,17H2,1-3H3. The summed E-state index contributed by atoms with van der Waals surface area (Å²) in [7, 11) is 0. The van der Waals surface area contributed by atoms with E-state index in [-0.39, 0.29) is 29.4 Å². The van der Waals surface area contributed by atoms with Gasteiger partial charge in [-0.2, -0.15) is 0 Å². The van der Waals surface area contributed by atoms with Crippen LogP contribution in [0.25, 0.3) is 0 Å². The van der Waals surface area contributed by atoms with Crippen molar-refractivity contribution in [1.29, 1.82) is 0 Å². The maximum atomic E-state index is 12.5. The number of carbonyl (C=O) groups is 1. The lowest BCUT2D eigenvalue weighted by Gasteiger charge is -2.45. The van der Waals surface area contributed by atoms with Crippen molar-refractivity contribution in [2.24, 2.45) is 23.0 Å². The summed E-state index contributed by atoms with van der Waals surface area (Å²) in [5.41, 5.74) is 6.10. The van der Waals surface area contributed by atoms with Gasteiger partial charge in [-0.15, -0.1) is 0 Å². The highest BCUT2D eigenvalue weighted by atomic mass is 16.5. The van der Waals surface area contributed by atoms with Crippen molar-refractivity contribution >= 4 is 5.97 Å². The van der Waals surface area contributed by atoms with Crippen molar-refractivity contribution in [3.8, 4) is 0 Å². The summed E-state index contributed by atoms with van der Waals surface area (Å²) >= 11 is 0. The second-order valence-corrected chi connectivity index (χ2v) is 7.10. The number of rotatable bonds is 2. The predicted molar refractivity (Wildman–Crippen MR) is 76.6 cm³/mol. The molecule has 2 aliphatic carbocycles. The molecule has 0 amide bonds. The number of hydrogen-bond donors (Lipinski definition) is 1. The van der Waals surface area contributed by atoms with Gasteiger partial charge in [0.05, 0.1) is 5.92 Å². The summed E-state index contributed by atoms with van der Waals surface area (Å²) in [6, 6.07) is 0.216. The monoisotopic (exact) mass is 267 g/mol. The van der Waals surface area contributed by atoms with Crippen molar-refractivity contribution in [2.45, 2.75) is 77.9 Å². The van der Waals surface area contributed by atoms with Crippen LogP contribution in [0.1, 0.15) is 65.7 Å². The van der Waals surface area contributed by atoms with Gasteiger partial charge in [-0.1, -0.05) is 27.2 Å². The van der Waals surface area contributed by atoms with Crippen molar-refractivity contribution in [3.05, 3.63) is 0 Å². The maximum absolute atomic E-state index is 12.5. The van der Waals surface area contributed by atoms with E-state index in [4.69, 9.17) is 10.5 Å². The third kappa shape index (κ3) is 3.13. The van der Waals surface area contributed by atoms with Crippen LogP contribution in [0.15, 0.2) is 0 Å². The van der Waals surface area contributed by atoms with Crippen LogP contribution in [-0.4, -0.2) is 18.1 Å². The van der Waals surface area contributed by atoms with E-state index >= 15 is 0 Å². The van der Waals surface area contributed by atoms with Gasteiger partial charge in [-0.3, -0.25) is 4.79 Å². The van der Waals surface area contributed by atoms with Crippen LogP contribution in [-0.2, 0) is 9.53 Å². The van der Waals surface area contributed by atoms with Gasteiger partial charge in [0.2, 0.25) is 0 Å². The molecule has 3 heteroatoms. The van der Waals surface area contributed by atoms with Crippen LogP contribution in [0.2, 0.25) is 0 Å². The molecule has 2 rings (SSSR count). The second kappa shape index (κ2) is 5.82. The van der Waals surface area contributed by atoms with Gasteiger partial charge in [-0.05, 0) is 49.9 Å². The van der Waals surface area contributed by atoms with E-state index < -0.39 is 0 Å². The molecule has 0 aliphatic heterocycles. The third-order valence-corrected chi connectivity index (χ3v) is 5.62. The Balaban J connectivity index is 1.97. The zero-order valence-electron chi connectivity index (χ0n) is 12.7. The van der Waals surface area contributed by atoms with Gasteiger partial charge in [0.25, 0.3) is 0 Å². The van der Waals surface area contributed by atoms with E-state index in [0.29, 0.717) is 5.92 Å². The largest absolute Gasteiger partial charge is 0.462 e. The Kier molecular flexibility index (Phi) is 4.54. The predicted octanol–water partition coefficient (Wildman–Crippen LogP) is 3.26. The Bertz CT molecular complexity index is 321. The fourth-order valence-electron chi connectivity index (χ4n) is 3.70. The molecule has 3 nitrogen and oxygen atoms in total. The second-order valence-electron chi connectivity index (χ2n) is 7.10. The topological polar surface area (TPSA) is 52.3 Å². The number of esters is 1. The van der Waals surface area contributed by atoms with Crippen LogP contribution < -0.4 is 5.73 Å². The molecule has 0 spiro atoms. The molecule has 0 bridgehead atoms. The highest BCUT2D eigenvalue weighted by molar-refractivity contribution is 5.73. The zero-order chi connectivity index (χ0) is 14.0. The first-order valence-corrected chi connectivity index (χ1v) is 7.89. The Hall–Kier alpha value is -0.570. The van der Waals surface area contributed by atoms with E-state index in [1.54, 1.807) is 0 Å². The lowest BCUT2D eigenvalue weighted by Crippen LogP contribution is -2.50. The van der Waals surface area contributed by atoms with Gasteiger partial charge in [0, 0.05) is 6.04 Å². The fourth-order valence-corrected chi connectivity index (χ4v) is 3.70. The summed E-state index contributed by atoms with van der Waals surface area (Å²) in [4.78, 5) is 12.5. The Morgan fingerprint density at radius 1 is 1.11 bits per heavy atom. The maximum Gasteiger partial charge on any atom is 0.309 e. The molecule has 2 aliphatic rings. The minimum absolute atomic E-state index is 0.0178. The summed E-state index contributed by atoms with van der Waals surface area (Å²) in [5.74, 6) is 0.407. The van der Waals surface area contributed by atoms with Gasteiger partial charge in [0.15, 0.2) is 0 Å². The van der Waals surface area contributed by atoms with E-state index in [2.05, 4.69) is 20.8 Å². The first kappa shape index (κ1) is 14.8. The molecular weight excluding hydrogens is 238 g/mol. The minimum Gasteiger partial charge on any atom is -0.462 e. The molecular formula is C16H29NO2. The highest BCUT2D eigenvalue weighted by Crippen LogP contribution is 2.45. The lowest BCUT2D eigenvalue weighted by molar-refractivity contribution is -0.164. The summed E-state index contributed by atoms with van der Waals surface area (Å²) in [6.07, 6.45) is 7.78. The zero-order valence-corrected chi connectivity index (χ0v) is 12.7. The highest BCUT2D eigenvalue weighted by Gasteiger charge is 2.46. The third-order valence-electron chi connectivity index (χ3n) is 5.62. The quantitative estimate of drug-likeness (QED) is 0.781. The average Bonchev–Trinajstić information content (AvgIpc) is 2.37. The molecule has 110 valence electrons. The molecule has 19 heavy (non-hydrogen) atoms. The molecule has 0 heterocycles. The molecule has 2 saturated carbocycles. The molecule has 0 radical (unpaired) electrons.